The molecule has 23 rings (SSSR count). The van der Waals surface area contributed by atoms with Crippen molar-refractivity contribution in [3.8, 4) is 17.1 Å². The zero-order chi connectivity index (χ0) is 102. The number of alkyl halides is 1. The number of aromatic carboxylic acids is 3. The average molecular weight is 2230 g/mol. The van der Waals surface area contributed by atoms with E-state index in [9.17, 15) is 28.8 Å². The molecule has 15 aromatic carbocycles. The molecule has 146 heavy (non-hydrogen) atoms. The first kappa shape index (κ1) is 105. The number of fused-ring (bicyclic) bond motifs is 6. The minimum absolute atomic E-state index is 0. The van der Waals surface area contributed by atoms with Gasteiger partial charge in [0.25, 0.3) is 0 Å². The molecule has 740 valence electrons. The molecule has 3 aromatic heterocycles. The van der Waals surface area contributed by atoms with Crippen LogP contribution < -0.4 is 38.9 Å². The van der Waals surface area contributed by atoms with Crippen molar-refractivity contribution in [2.45, 2.75) is 112 Å². The highest BCUT2D eigenvalue weighted by Crippen LogP contribution is 2.50. The van der Waals surface area contributed by atoms with Crippen LogP contribution in [-0.4, -0.2) is 118 Å². The summed E-state index contributed by atoms with van der Waals surface area (Å²) in [5.74, 6) is -0.241. The van der Waals surface area contributed by atoms with E-state index >= 15 is 0 Å². The number of H-pyrrole nitrogens is 1. The number of nitrogens with two attached hydrogens (primary N) is 4. The van der Waals surface area contributed by atoms with Gasteiger partial charge in [-0.2, -0.15) is 4.99 Å². The number of halogens is 6. The fraction of sp³-hybridized carbons (Fsp3) is 0.173. The summed E-state index contributed by atoms with van der Waals surface area (Å²) in [5, 5.41) is 76.3. The first-order chi connectivity index (χ1) is 70.2. The number of nitrogens with one attached hydrogen (secondary N) is 4. The van der Waals surface area contributed by atoms with Crippen LogP contribution in [0, 0.1) is 4.77 Å². The topological polar surface area (TPSA) is 411 Å². The number of carboxylic acid groups (broad SMARTS) is 3. The van der Waals surface area contributed by atoms with Crippen molar-refractivity contribution in [2.24, 2.45) is 4.99 Å². The van der Waals surface area contributed by atoms with Crippen LogP contribution in [0.2, 0.25) is 15.1 Å². The van der Waals surface area contributed by atoms with Crippen LogP contribution in [0.15, 0.2) is 297 Å². The Morgan fingerprint density at radius 1 is 0.397 bits per heavy atom. The number of carbonyl (C=O) groups excluding carboxylic acids is 3. The summed E-state index contributed by atoms with van der Waals surface area (Å²) < 4.78 is 7.59. The monoisotopic (exact) mass is 2220 g/mol. The van der Waals surface area contributed by atoms with E-state index in [0.29, 0.717) is 60.6 Å². The van der Waals surface area contributed by atoms with Gasteiger partial charge in [0.1, 0.15) is 5.88 Å². The van der Waals surface area contributed by atoms with Gasteiger partial charge in [-0.05, 0) is 291 Å². The number of rotatable bonds is 22. The van der Waals surface area contributed by atoms with E-state index in [-0.39, 0.29) is 74.3 Å². The van der Waals surface area contributed by atoms with Crippen molar-refractivity contribution in [1.82, 2.24) is 44.3 Å². The van der Waals surface area contributed by atoms with Gasteiger partial charge in [0.15, 0.2) is 10.3 Å². The molecular weight excluding hydrogens is 2130 g/mol. The summed E-state index contributed by atoms with van der Waals surface area (Å²) >= 11 is 42.6. The Hall–Kier alpha value is -13.9. The van der Waals surface area contributed by atoms with E-state index in [1.54, 1.807) is 9.13 Å². The zero-order valence-electron chi connectivity index (χ0n) is 77.1. The van der Waals surface area contributed by atoms with Gasteiger partial charge >= 0.3 is 17.9 Å². The molecule has 0 saturated heterocycles. The number of aliphatic imine (C=N–C) groups is 1. The number of amides is 3. The van der Waals surface area contributed by atoms with Crippen LogP contribution in [-0.2, 0) is 14.4 Å². The van der Waals surface area contributed by atoms with Crippen molar-refractivity contribution in [3.63, 3.8) is 0 Å². The number of nitrogen functional groups attached to an aromatic ring is 4. The minimum atomic E-state index is -1.09. The number of anilines is 7. The lowest BCUT2D eigenvalue weighted by molar-refractivity contribution is -0.114. The Labute approximate surface area is 894 Å². The fourth-order valence-corrected chi connectivity index (χ4v) is 20.7. The molecule has 26 nitrogen and oxygen atoms in total. The third kappa shape index (κ3) is 25.1. The highest BCUT2D eigenvalue weighted by atomic mass is 79.9. The first-order valence-corrected chi connectivity index (χ1v) is 52.1. The standard InChI is InChI=1S/C24H18BrClN4O3S.C24H20ClN5O3S.C15H14N4S.C14H11NS.C13H13N.C10H8BrN.C9H7Cl2NO3.CH4/c25-23-28-29-24(34-12-21(31)27-19-9-7-14(22(32)33)11-18(19)26)30(23)20-10-8-15(13-5-6-13)16-3-1-2-4-17(16)20;25-18-11-14(22(32)33)7-9-19(18)27-21(31)12-34-24-29-28-23(26)30(24)20-10-8-15(13-5-6-13)16-3-1-2-4-17(16)20;16-14-17-18-15(20)19(14)13-8-7-10(9-5-6-9)11-3-1-2-4-12(11)13;16-9-15-14-8-7-11(10-5-6-10)12-3-1-2-4-13(12)14;14-13-8-7-10(9-5-6-9)11-3-1-2-4-12(11)13;11-9-5-6-10(12)8-4-2-1-3-7(8)9;10-4-8(13)12-7-2-1-5(9(14)15)3-6(7)11;/h1-4,7-11,13H,5-6,12H2,(H,27,31)(H,32,33);1-4,7-11,13H,5-6,12H2,(H2,26,28)(H,27,31)(H,32,33);1-4,7-9H,5-6H2,(H2,16,17)(H,18,20);1-4,7-8,10H,5-6H2;1-4,7-9H,5-6,14H2;1-6H,12H2;1-3H,4H2,(H,12,13)(H,14,15);1H4. The van der Waals surface area contributed by atoms with Crippen molar-refractivity contribution < 1.29 is 44.1 Å². The molecule has 3 heterocycles. The van der Waals surface area contributed by atoms with Crippen LogP contribution in [0.1, 0.15) is 160 Å². The Balaban J connectivity index is 0.000000126. The Morgan fingerprint density at radius 3 is 1.09 bits per heavy atom. The summed E-state index contributed by atoms with van der Waals surface area (Å²) in [6, 6.07) is 87.2. The van der Waals surface area contributed by atoms with Gasteiger partial charge in [-0.3, -0.25) is 28.1 Å². The molecule has 0 spiro atoms. The molecule has 18 aromatic rings. The van der Waals surface area contributed by atoms with Gasteiger partial charge in [-0.15, -0.1) is 37.1 Å². The highest BCUT2D eigenvalue weighted by Gasteiger charge is 2.32. The van der Waals surface area contributed by atoms with Gasteiger partial charge in [0, 0.05) is 48.2 Å². The van der Waals surface area contributed by atoms with E-state index in [1.165, 1.54) is 213 Å². The van der Waals surface area contributed by atoms with Gasteiger partial charge in [-0.1, -0.05) is 258 Å². The molecule has 5 aliphatic carbocycles. The zero-order valence-corrected chi connectivity index (χ0v) is 86.5. The third-order valence-electron chi connectivity index (χ3n) is 24.8. The lowest BCUT2D eigenvalue weighted by Crippen LogP contribution is -2.15. The number of carbonyl (C=O) groups is 6. The predicted octanol–water partition coefficient (Wildman–Crippen LogP) is 28.4. The maximum atomic E-state index is 12.6. The molecular formula is C110H95Br2Cl4N17O9S4. The van der Waals surface area contributed by atoms with E-state index in [1.807, 2.05) is 83.4 Å². The molecule has 5 aliphatic rings. The molecule has 0 aliphatic heterocycles. The van der Waals surface area contributed by atoms with Crippen molar-refractivity contribution in [2.75, 3.05) is 56.3 Å². The van der Waals surface area contributed by atoms with Crippen LogP contribution in [0.25, 0.3) is 81.7 Å². The van der Waals surface area contributed by atoms with E-state index < -0.39 is 23.8 Å². The highest BCUT2D eigenvalue weighted by molar-refractivity contribution is 9.10. The molecule has 3 amide bonds. The Bertz CT molecular complexity index is 7930. The van der Waals surface area contributed by atoms with Gasteiger partial charge < -0.3 is 54.2 Å². The fourth-order valence-electron chi connectivity index (χ4n) is 17.1. The molecule has 5 saturated carbocycles. The maximum absolute atomic E-state index is 12.6. The number of thiocarbonyl (C=S) groups is 1. The first-order valence-electron chi connectivity index (χ1n) is 46.1. The summed E-state index contributed by atoms with van der Waals surface area (Å²) in [5.41, 5.74) is 37.5. The summed E-state index contributed by atoms with van der Waals surface area (Å²) in [7, 11) is 0. The van der Waals surface area contributed by atoms with Crippen LogP contribution >= 0.6 is 126 Å². The largest absolute Gasteiger partial charge is 0.478 e. The third-order valence-corrected chi connectivity index (χ3v) is 29.4. The number of hydrogen-bond acceptors (Lipinski definition) is 20. The number of nitrogens with zero attached hydrogens (tertiary/aromatic N) is 9. The quantitative estimate of drug-likeness (QED) is 0.00987. The van der Waals surface area contributed by atoms with Crippen molar-refractivity contribution >= 4 is 278 Å². The summed E-state index contributed by atoms with van der Waals surface area (Å²) in [4.78, 5) is 72.9. The Kier molecular flexibility index (Phi) is 34.2. The second kappa shape index (κ2) is 47.5. The molecule has 0 unspecified atom stereocenters. The molecule has 0 bridgehead atoms. The van der Waals surface area contributed by atoms with Gasteiger partial charge in [0.2, 0.25) is 39.1 Å². The van der Waals surface area contributed by atoms with Gasteiger partial charge in [-0.25, -0.2) is 19.5 Å². The van der Waals surface area contributed by atoms with Crippen LogP contribution in [0.5, 0.6) is 0 Å². The summed E-state index contributed by atoms with van der Waals surface area (Å²) in [6.45, 7) is 0. The molecule has 5 fully saturated rings. The number of thioether (sulfide) groups is 2. The lowest BCUT2D eigenvalue weighted by atomic mass is 9.99. The number of hydrogen-bond donors (Lipinski definition) is 11. The number of carboxylic acids is 3. The van der Waals surface area contributed by atoms with Crippen LogP contribution in [0.3, 0.4) is 0 Å². The second-order valence-corrected chi connectivity index (χ2v) is 40.3. The number of isothiocyanates is 1. The molecule has 0 atom stereocenters. The predicted molar refractivity (Wildman–Crippen MR) is 603 cm³/mol. The second-order valence-electron chi connectivity index (χ2n) is 34.8. The SMILES string of the molecule is C.Nc1ccc(Br)c2ccccc12.Nc1ccc(C2CC2)c2ccccc12.Nc1n[nH]c(=S)n1-c1ccc(C2CC2)c2ccccc12.Nc1nnc(SCC(=O)Nc2ccc(C(=O)O)cc2Cl)n1-c1ccc(C2CC2)c2ccccc12.O=C(CCl)Nc1ccc(C(=O)O)cc1Cl.O=C(CSc1nnc(Br)n1-c1ccc(C2CC2)c2ccccc12)Nc1ccc(C(=O)O)cc1Cl.S=C=Nc1ccc(C2CC2)c2ccccc12. The number of benzene rings is 15. The molecule has 0 radical (unpaired) electrons. The normalized spacial score (nSPS) is 13.2. The van der Waals surface area contributed by atoms with E-state index in [2.05, 4.69) is 240 Å². The van der Waals surface area contributed by atoms with Crippen molar-refractivity contribution in [3.05, 3.63) is 347 Å². The minimum Gasteiger partial charge on any atom is -0.478 e. The van der Waals surface area contributed by atoms with E-state index in [0.717, 1.165) is 72.0 Å². The summed E-state index contributed by atoms with van der Waals surface area (Å²) in [6.07, 6.45) is 12.8. The van der Waals surface area contributed by atoms with Gasteiger partial charge in [0.05, 0.1) is 88.2 Å². The molecule has 15 N–H and O–H groups in total. The smallest absolute Gasteiger partial charge is 0.335 e. The molecule has 36 heteroatoms. The van der Waals surface area contributed by atoms with Crippen LogP contribution in [0.4, 0.5) is 46.0 Å². The average Bonchev–Trinajstić information content (AvgIpc) is 1.62. The van der Waals surface area contributed by atoms with E-state index in [4.69, 9.17) is 96.9 Å². The lowest BCUT2D eigenvalue weighted by Gasteiger charge is -2.14. The number of aromatic amines is 1. The van der Waals surface area contributed by atoms with Crippen molar-refractivity contribution in [1.29, 1.82) is 0 Å². The Morgan fingerprint density at radius 2 is 0.719 bits per heavy atom. The number of aromatic nitrogens is 9. The maximum Gasteiger partial charge on any atom is 0.335 e.